The van der Waals surface area contributed by atoms with E-state index in [4.69, 9.17) is 16.3 Å². The van der Waals surface area contributed by atoms with E-state index in [-0.39, 0.29) is 4.90 Å². The monoisotopic (exact) mass is 486 g/mol. The highest BCUT2D eigenvalue weighted by Crippen LogP contribution is 2.40. The molecule has 1 aromatic carbocycles. The minimum Gasteiger partial charge on any atom is -0.379 e. The maximum absolute atomic E-state index is 12.9. The number of H-pyrrole nitrogens is 1. The summed E-state index contributed by atoms with van der Waals surface area (Å²) in [5, 5.41) is 2.34. The van der Waals surface area contributed by atoms with Crippen molar-refractivity contribution in [3.8, 4) is 11.3 Å². The second-order valence-electron chi connectivity index (χ2n) is 7.19. The van der Waals surface area contributed by atoms with Crippen molar-refractivity contribution in [2.45, 2.75) is 14.8 Å². The Kier molecular flexibility index (Phi) is 5.92. The molecule has 5 rings (SSSR count). The molecule has 10 heteroatoms. The molecule has 0 saturated carbocycles. The normalized spacial score (nSPS) is 15.3. The Balaban J connectivity index is 1.52. The van der Waals surface area contributed by atoms with Crippen molar-refractivity contribution < 1.29 is 13.2 Å². The summed E-state index contributed by atoms with van der Waals surface area (Å²) >= 11 is 7.48. The number of nitrogens with one attached hydrogen (secondary N) is 1. The fourth-order valence-electron chi connectivity index (χ4n) is 3.56. The van der Waals surface area contributed by atoms with Crippen LogP contribution in [0.3, 0.4) is 0 Å². The van der Waals surface area contributed by atoms with Gasteiger partial charge >= 0.3 is 0 Å². The first-order valence-corrected chi connectivity index (χ1v) is 12.6. The molecule has 3 aromatic heterocycles. The molecule has 0 amide bonds. The molecule has 0 bridgehead atoms. The summed E-state index contributed by atoms with van der Waals surface area (Å²) in [6.45, 7) is 1.57. The molecule has 1 fully saturated rings. The molecule has 0 spiro atoms. The van der Waals surface area contributed by atoms with E-state index in [9.17, 15) is 8.42 Å². The number of aromatic amines is 1. The van der Waals surface area contributed by atoms with Crippen LogP contribution in [0.5, 0.6) is 0 Å². The fourth-order valence-corrected chi connectivity index (χ4v) is 6.08. The maximum atomic E-state index is 12.9. The van der Waals surface area contributed by atoms with Crippen molar-refractivity contribution in [2.24, 2.45) is 0 Å². The number of benzene rings is 1. The van der Waals surface area contributed by atoms with Gasteiger partial charge in [0.05, 0.1) is 28.8 Å². The maximum Gasteiger partial charge on any atom is 0.243 e. The molecule has 0 unspecified atom stereocenters. The Morgan fingerprint density at radius 3 is 2.53 bits per heavy atom. The lowest BCUT2D eigenvalue weighted by molar-refractivity contribution is 0.0730. The zero-order chi connectivity index (χ0) is 22.1. The van der Waals surface area contributed by atoms with Crippen molar-refractivity contribution in [3.05, 3.63) is 65.9 Å². The molecular weight excluding hydrogens is 468 g/mol. The molecular formula is C22H19ClN4O3S2. The molecule has 164 valence electrons. The van der Waals surface area contributed by atoms with Gasteiger partial charge in [0.15, 0.2) is 0 Å². The van der Waals surface area contributed by atoms with Crippen LogP contribution in [0, 0.1) is 0 Å². The number of ether oxygens (including phenoxy) is 1. The van der Waals surface area contributed by atoms with E-state index in [2.05, 4.69) is 15.0 Å². The van der Waals surface area contributed by atoms with Crippen LogP contribution in [0.4, 0.5) is 0 Å². The largest absolute Gasteiger partial charge is 0.379 e. The number of morpholine rings is 1. The number of nitrogens with zero attached hydrogens (tertiary/aromatic N) is 3. The Morgan fingerprint density at radius 1 is 1.03 bits per heavy atom. The summed E-state index contributed by atoms with van der Waals surface area (Å²) in [7, 11) is -3.55. The first kappa shape index (κ1) is 21.4. The van der Waals surface area contributed by atoms with Gasteiger partial charge in [-0.25, -0.2) is 18.4 Å². The third-order valence-electron chi connectivity index (χ3n) is 5.18. The number of pyridine rings is 2. The van der Waals surface area contributed by atoms with Crippen LogP contribution in [0.15, 0.2) is 75.7 Å². The summed E-state index contributed by atoms with van der Waals surface area (Å²) in [4.78, 5) is 13.4. The molecule has 1 saturated heterocycles. The predicted octanol–water partition coefficient (Wildman–Crippen LogP) is 4.45. The Morgan fingerprint density at radius 2 is 1.81 bits per heavy atom. The van der Waals surface area contributed by atoms with Gasteiger partial charge in [-0.2, -0.15) is 4.31 Å². The molecule has 0 radical (unpaired) electrons. The summed E-state index contributed by atoms with van der Waals surface area (Å²) in [5.74, 6) is 0. The van der Waals surface area contributed by atoms with Gasteiger partial charge in [-0.15, -0.1) is 0 Å². The molecule has 0 atom stereocenters. The molecule has 4 aromatic rings. The molecule has 1 aliphatic rings. The highest BCUT2D eigenvalue weighted by Gasteiger charge is 2.26. The van der Waals surface area contributed by atoms with Gasteiger partial charge in [0.25, 0.3) is 0 Å². The number of sulfonamides is 1. The highest BCUT2D eigenvalue weighted by atomic mass is 35.5. The smallest absolute Gasteiger partial charge is 0.243 e. The third kappa shape index (κ3) is 4.14. The van der Waals surface area contributed by atoms with Crippen LogP contribution in [-0.2, 0) is 14.8 Å². The molecule has 1 aliphatic heterocycles. The lowest BCUT2D eigenvalue weighted by atomic mass is 10.1. The third-order valence-corrected chi connectivity index (χ3v) is 8.40. The van der Waals surface area contributed by atoms with E-state index in [0.717, 1.165) is 32.2 Å². The van der Waals surface area contributed by atoms with E-state index in [0.29, 0.717) is 31.3 Å². The average molecular weight is 487 g/mol. The number of rotatable bonds is 5. The second kappa shape index (κ2) is 8.84. The minimum atomic E-state index is -3.55. The standard InChI is InChI=1S/C22H19ClN4O3S2/c23-16-5-8-19(25-14-16)31-21-18-2-1-9-24-22(18)26-20(21)15-3-6-17(7-4-15)32(28,29)27-10-12-30-13-11-27/h1-9,14H,10-13H2,(H,24,26). The van der Waals surface area contributed by atoms with Gasteiger partial charge in [-0.1, -0.05) is 35.5 Å². The Bertz CT molecular complexity index is 1350. The van der Waals surface area contributed by atoms with Crippen molar-refractivity contribution in [1.29, 1.82) is 0 Å². The molecule has 0 aliphatic carbocycles. The second-order valence-corrected chi connectivity index (χ2v) is 10.6. The highest BCUT2D eigenvalue weighted by molar-refractivity contribution is 7.99. The summed E-state index contributed by atoms with van der Waals surface area (Å²) in [6.07, 6.45) is 3.34. The summed E-state index contributed by atoms with van der Waals surface area (Å²) in [6, 6.07) is 14.5. The van der Waals surface area contributed by atoms with E-state index in [1.165, 1.54) is 16.1 Å². The lowest BCUT2D eigenvalue weighted by Crippen LogP contribution is -2.40. The zero-order valence-electron chi connectivity index (χ0n) is 16.9. The van der Waals surface area contributed by atoms with Crippen LogP contribution in [-0.4, -0.2) is 54.0 Å². The van der Waals surface area contributed by atoms with Gasteiger partial charge in [-0.05, 0) is 42.0 Å². The van der Waals surface area contributed by atoms with Gasteiger partial charge in [0.2, 0.25) is 10.0 Å². The van der Waals surface area contributed by atoms with Crippen molar-refractivity contribution in [1.82, 2.24) is 19.3 Å². The van der Waals surface area contributed by atoms with Crippen LogP contribution in [0.2, 0.25) is 5.02 Å². The molecule has 32 heavy (non-hydrogen) atoms. The topological polar surface area (TPSA) is 88.2 Å². The van der Waals surface area contributed by atoms with Crippen LogP contribution >= 0.6 is 23.4 Å². The van der Waals surface area contributed by atoms with Gasteiger partial charge in [0, 0.05) is 35.8 Å². The van der Waals surface area contributed by atoms with Gasteiger partial charge in [0.1, 0.15) is 10.7 Å². The van der Waals surface area contributed by atoms with E-state index in [1.807, 2.05) is 30.3 Å². The molecule has 4 heterocycles. The first-order chi connectivity index (χ1) is 15.5. The Labute approximate surface area is 194 Å². The van der Waals surface area contributed by atoms with Crippen LogP contribution in [0.25, 0.3) is 22.3 Å². The fraction of sp³-hybridized carbons (Fsp3) is 0.182. The van der Waals surface area contributed by atoms with Crippen LogP contribution < -0.4 is 0 Å². The average Bonchev–Trinajstić information content (AvgIpc) is 3.19. The Hall–Kier alpha value is -2.43. The van der Waals surface area contributed by atoms with E-state index in [1.54, 1.807) is 30.6 Å². The van der Waals surface area contributed by atoms with Crippen LogP contribution in [0.1, 0.15) is 0 Å². The summed E-state index contributed by atoms with van der Waals surface area (Å²) < 4.78 is 32.6. The van der Waals surface area contributed by atoms with Crippen molar-refractivity contribution in [3.63, 3.8) is 0 Å². The predicted molar refractivity (Wildman–Crippen MR) is 124 cm³/mol. The van der Waals surface area contributed by atoms with Crippen molar-refractivity contribution >= 4 is 44.4 Å². The number of hydrogen-bond acceptors (Lipinski definition) is 6. The lowest BCUT2D eigenvalue weighted by Gasteiger charge is -2.26. The summed E-state index contributed by atoms with van der Waals surface area (Å²) in [5.41, 5.74) is 2.47. The van der Waals surface area contributed by atoms with E-state index >= 15 is 0 Å². The van der Waals surface area contributed by atoms with Crippen molar-refractivity contribution in [2.75, 3.05) is 26.3 Å². The number of hydrogen-bond donors (Lipinski definition) is 1. The molecule has 7 nitrogen and oxygen atoms in total. The number of fused-ring (bicyclic) bond motifs is 1. The number of halogens is 1. The number of aromatic nitrogens is 3. The SMILES string of the molecule is O=S(=O)(c1ccc(-c2[nH]c3ncccc3c2Sc2ccc(Cl)cn2)cc1)N1CCOCC1. The zero-order valence-corrected chi connectivity index (χ0v) is 19.3. The van der Waals surface area contributed by atoms with Gasteiger partial charge in [-0.3, -0.25) is 0 Å². The molecule has 1 N–H and O–H groups in total. The quantitative estimate of drug-likeness (QED) is 0.448. The van der Waals surface area contributed by atoms with Gasteiger partial charge < -0.3 is 9.72 Å². The van der Waals surface area contributed by atoms with E-state index < -0.39 is 10.0 Å². The minimum absolute atomic E-state index is 0.269. The first-order valence-electron chi connectivity index (χ1n) is 9.97.